The number of carbonyl (C=O) groups excluding carboxylic acids is 1. The first-order valence-corrected chi connectivity index (χ1v) is 6.95. The lowest BCUT2D eigenvalue weighted by atomic mass is 10.2. The van der Waals surface area contributed by atoms with Crippen LogP contribution in [0.15, 0.2) is 30.0 Å². The van der Waals surface area contributed by atoms with Gasteiger partial charge in [-0.05, 0) is 67.1 Å². The summed E-state index contributed by atoms with van der Waals surface area (Å²) in [7, 11) is 0. The average molecular weight is 369 g/mol. The van der Waals surface area contributed by atoms with Gasteiger partial charge in [0.1, 0.15) is 11.6 Å². The van der Waals surface area contributed by atoms with E-state index in [2.05, 4.69) is 33.2 Å². The first-order valence-electron chi connectivity index (χ1n) is 5.88. The molecule has 0 aliphatic heterocycles. The van der Waals surface area contributed by atoms with Crippen molar-refractivity contribution in [1.29, 1.82) is 5.26 Å². The van der Waals surface area contributed by atoms with Gasteiger partial charge in [0.05, 0.1) is 0 Å². The predicted molar refractivity (Wildman–Crippen MR) is 84.5 cm³/mol. The molecule has 0 unspecified atom stereocenters. The van der Waals surface area contributed by atoms with Crippen LogP contribution in [-0.2, 0) is 4.79 Å². The maximum absolute atomic E-state index is 11.7. The molecule has 5 heteroatoms. The molecule has 1 aromatic carbocycles. The molecular formula is C14H16IN3O. The summed E-state index contributed by atoms with van der Waals surface area (Å²) in [6.45, 7) is 5.67. The standard InChI is InChI=1S/C14H16IN3O/c1-9(2)18-14(19)11(7-16)8-17-13-5-4-12(15)6-10(13)3/h4-6,8-9,17H,1-3H3,(H,18,19)/b11-8-. The highest BCUT2D eigenvalue weighted by Gasteiger charge is 2.09. The number of anilines is 1. The third-order valence-corrected chi connectivity index (χ3v) is 3.02. The van der Waals surface area contributed by atoms with Gasteiger partial charge in [0.25, 0.3) is 5.91 Å². The molecule has 0 atom stereocenters. The minimum absolute atomic E-state index is 0.00397. The van der Waals surface area contributed by atoms with E-state index in [1.165, 1.54) is 6.20 Å². The molecule has 100 valence electrons. The fourth-order valence-electron chi connectivity index (χ4n) is 1.43. The van der Waals surface area contributed by atoms with E-state index >= 15 is 0 Å². The largest absolute Gasteiger partial charge is 0.360 e. The molecule has 2 N–H and O–H groups in total. The summed E-state index contributed by atoms with van der Waals surface area (Å²) >= 11 is 2.24. The van der Waals surface area contributed by atoms with Gasteiger partial charge < -0.3 is 10.6 Å². The highest BCUT2D eigenvalue weighted by Crippen LogP contribution is 2.17. The summed E-state index contributed by atoms with van der Waals surface area (Å²) in [6, 6.07) is 7.80. The molecule has 0 heterocycles. The van der Waals surface area contributed by atoms with Gasteiger partial charge in [0.2, 0.25) is 0 Å². The molecule has 0 saturated carbocycles. The Kier molecular flexibility index (Phi) is 5.83. The normalized spacial score (nSPS) is 11.1. The Hall–Kier alpha value is -1.55. The van der Waals surface area contributed by atoms with E-state index in [9.17, 15) is 4.79 Å². The van der Waals surface area contributed by atoms with Gasteiger partial charge in [0, 0.05) is 21.5 Å². The van der Waals surface area contributed by atoms with Gasteiger partial charge in [-0.15, -0.1) is 0 Å². The number of amides is 1. The van der Waals surface area contributed by atoms with Gasteiger partial charge in [-0.2, -0.15) is 5.26 Å². The molecule has 0 bridgehead atoms. The zero-order valence-corrected chi connectivity index (χ0v) is 13.3. The second kappa shape index (κ2) is 7.14. The molecule has 4 nitrogen and oxygen atoms in total. The van der Waals surface area contributed by atoms with Crippen molar-refractivity contribution in [3.63, 3.8) is 0 Å². The number of rotatable bonds is 4. The molecule has 0 saturated heterocycles. The van der Waals surface area contributed by atoms with Crippen LogP contribution in [0.25, 0.3) is 0 Å². The average Bonchev–Trinajstić information content (AvgIpc) is 2.31. The third-order valence-electron chi connectivity index (χ3n) is 2.35. The highest BCUT2D eigenvalue weighted by atomic mass is 127. The van der Waals surface area contributed by atoms with Gasteiger partial charge in [-0.3, -0.25) is 4.79 Å². The van der Waals surface area contributed by atoms with E-state index in [1.807, 2.05) is 45.0 Å². The number of aryl methyl sites for hydroxylation is 1. The number of carbonyl (C=O) groups is 1. The van der Waals surface area contributed by atoms with Gasteiger partial charge in [0.15, 0.2) is 0 Å². The number of halogens is 1. The first-order chi connectivity index (χ1) is 8.93. The fraction of sp³-hybridized carbons (Fsp3) is 0.286. The fourth-order valence-corrected chi connectivity index (χ4v) is 2.07. The van der Waals surface area contributed by atoms with Crippen LogP contribution in [0.3, 0.4) is 0 Å². The molecular weight excluding hydrogens is 353 g/mol. The number of hydrogen-bond donors (Lipinski definition) is 2. The van der Waals surface area contributed by atoms with Crippen molar-refractivity contribution in [3.05, 3.63) is 39.1 Å². The van der Waals surface area contributed by atoms with Crippen LogP contribution in [-0.4, -0.2) is 11.9 Å². The van der Waals surface area contributed by atoms with E-state index < -0.39 is 0 Å². The maximum Gasteiger partial charge on any atom is 0.263 e. The molecule has 0 aromatic heterocycles. The number of hydrogen-bond acceptors (Lipinski definition) is 3. The zero-order chi connectivity index (χ0) is 14.4. The lowest BCUT2D eigenvalue weighted by Crippen LogP contribution is -2.31. The van der Waals surface area contributed by atoms with E-state index in [0.717, 1.165) is 14.8 Å². The Morgan fingerprint density at radius 1 is 1.47 bits per heavy atom. The Morgan fingerprint density at radius 2 is 2.16 bits per heavy atom. The van der Waals surface area contributed by atoms with E-state index in [0.29, 0.717) is 0 Å². The Morgan fingerprint density at radius 3 is 2.68 bits per heavy atom. The number of nitrogens with one attached hydrogen (secondary N) is 2. The topological polar surface area (TPSA) is 64.9 Å². The number of nitriles is 1. The van der Waals surface area contributed by atoms with Crippen molar-refractivity contribution >= 4 is 34.2 Å². The van der Waals surface area contributed by atoms with E-state index in [1.54, 1.807) is 0 Å². The molecule has 0 aliphatic carbocycles. The van der Waals surface area contributed by atoms with Crippen molar-refractivity contribution in [1.82, 2.24) is 5.32 Å². The van der Waals surface area contributed by atoms with Crippen molar-refractivity contribution in [3.8, 4) is 6.07 Å². The van der Waals surface area contributed by atoms with Crippen LogP contribution >= 0.6 is 22.6 Å². The lowest BCUT2D eigenvalue weighted by molar-refractivity contribution is -0.117. The molecule has 1 amide bonds. The number of nitrogens with zero attached hydrogens (tertiary/aromatic N) is 1. The molecule has 19 heavy (non-hydrogen) atoms. The predicted octanol–water partition coefficient (Wildman–Crippen LogP) is 2.94. The molecule has 1 rings (SSSR count). The molecule has 0 spiro atoms. The SMILES string of the molecule is Cc1cc(I)ccc1N/C=C(/C#N)C(=O)NC(C)C. The first kappa shape index (κ1) is 15.5. The van der Waals surface area contributed by atoms with Crippen LogP contribution in [0.2, 0.25) is 0 Å². The molecule has 0 radical (unpaired) electrons. The monoisotopic (exact) mass is 369 g/mol. The Labute approximate surface area is 127 Å². The third kappa shape index (κ3) is 4.91. The minimum Gasteiger partial charge on any atom is -0.360 e. The quantitative estimate of drug-likeness (QED) is 0.487. The second-order valence-electron chi connectivity index (χ2n) is 4.40. The van der Waals surface area contributed by atoms with Crippen molar-refractivity contribution in [2.75, 3.05) is 5.32 Å². The van der Waals surface area contributed by atoms with Crippen LogP contribution < -0.4 is 10.6 Å². The van der Waals surface area contributed by atoms with Crippen molar-refractivity contribution < 1.29 is 4.79 Å². The summed E-state index contributed by atoms with van der Waals surface area (Å²) in [5.74, 6) is -0.367. The molecule has 0 fully saturated rings. The van der Waals surface area contributed by atoms with Crippen LogP contribution in [0.4, 0.5) is 5.69 Å². The molecule has 0 aliphatic rings. The Balaban J connectivity index is 2.83. The van der Waals surface area contributed by atoms with Crippen LogP contribution in [0, 0.1) is 21.8 Å². The molecule has 1 aromatic rings. The van der Waals surface area contributed by atoms with Gasteiger partial charge in [-0.25, -0.2) is 0 Å². The summed E-state index contributed by atoms with van der Waals surface area (Å²) in [5.41, 5.74) is 2.00. The smallest absolute Gasteiger partial charge is 0.263 e. The van der Waals surface area contributed by atoms with Crippen molar-refractivity contribution in [2.24, 2.45) is 0 Å². The summed E-state index contributed by atoms with van der Waals surface area (Å²) < 4.78 is 1.14. The maximum atomic E-state index is 11.7. The van der Waals surface area contributed by atoms with Crippen LogP contribution in [0.5, 0.6) is 0 Å². The summed E-state index contributed by atoms with van der Waals surface area (Å²) in [5, 5.41) is 14.7. The summed E-state index contributed by atoms with van der Waals surface area (Å²) in [6.07, 6.45) is 1.44. The van der Waals surface area contributed by atoms with E-state index in [-0.39, 0.29) is 17.5 Å². The highest BCUT2D eigenvalue weighted by molar-refractivity contribution is 14.1. The van der Waals surface area contributed by atoms with Gasteiger partial charge in [-0.1, -0.05) is 0 Å². The summed E-state index contributed by atoms with van der Waals surface area (Å²) in [4.78, 5) is 11.7. The van der Waals surface area contributed by atoms with Gasteiger partial charge >= 0.3 is 0 Å². The Bertz CT molecular complexity index is 544. The zero-order valence-electron chi connectivity index (χ0n) is 11.1. The van der Waals surface area contributed by atoms with Crippen LogP contribution in [0.1, 0.15) is 19.4 Å². The minimum atomic E-state index is -0.367. The lowest BCUT2D eigenvalue weighted by Gasteiger charge is -2.09. The van der Waals surface area contributed by atoms with E-state index in [4.69, 9.17) is 5.26 Å². The second-order valence-corrected chi connectivity index (χ2v) is 5.65. The van der Waals surface area contributed by atoms with Crippen molar-refractivity contribution in [2.45, 2.75) is 26.8 Å². The number of benzene rings is 1.